The maximum absolute atomic E-state index is 15.3. The molecule has 3 aromatic rings. The summed E-state index contributed by atoms with van der Waals surface area (Å²) in [4.78, 5) is 0. The summed E-state index contributed by atoms with van der Waals surface area (Å²) in [7, 11) is -3.34. The van der Waals surface area contributed by atoms with Crippen molar-refractivity contribution in [3.8, 4) is 0 Å². The Morgan fingerprint density at radius 3 is 1.59 bits per heavy atom. The third-order valence-electron chi connectivity index (χ3n) is 7.56. The van der Waals surface area contributed by atoms with E-state index in [-0.39, 0.29) is 24.2 Å². The number of fused-ring (bicyclic) bond motifs is 1. The number of hydrogen-bond acceptors (Lipinski definition) is 2. The highest BCUT2D eigenvalue weighted by Crippen LogP contribution is 2.69. The normalized spacial score (nSPS) is 24.4. The second-order valence-electron chi connectivity index (χ2n) is 9.60. The van der Waals surface area contributed by atoms with Gasteiger partial charge in [-0.15, -0.1) is 0 Å². The van der Waals surface area contributed by atoms with Gasteiger partial charge in [-0.05, 0) is 43.4 Å². The minimum absolute atomic E-state index is 0.00128. The lowest BCUT2D eigenvalue weighted by Gasteiger charge is -2.37. The molecule has 0 unspecified atom stereocenters. The summed E-state index contributed by atoms with van der Waals surface area (Å²) in [6.07, 6.45) is 4.45. The first kappa shape index (κ1) is 23.5. The van der Waals surface area contributed by atoms with E-state index in [9.17, 15) is 0 Å². The third kappa shape index (κ3) is 4.41. The van der Waals surface area contributed by atoms with Crippen molar-refractivity contribution in [3.63, 3.8) is 0 Å². The largest absolute Gasteiger partial charge is 0.348 e. The Morgan fingerprint density at radius 2 is 1.15 bits per heavy atom. The van der Waals surface area contributed by atoms with Crippen LogP contribution in [-0.4, -0.2) is 21.4 Å². The van der Waals surface area contributed by atoms with Gasteiger partial charge in [-0.2, -0.15) is 0 Å². The van der Waals surface area contributed by atoms with E-state index >= 15 is 4.57 Å². The van der Waals surface area contributed by atoms with Gasteiger partial charge in [0, 0.05) is 24.2 Å². The molecule has 178 valence electrons. The third-order valence-corrected chi connectivity index (χ3v) is 10.5. The van der Waals surface area contributed by atoms with Gasteiger partial charge in [0.25, 0.3) is 0 Å². The fraction of sp³-hybridized carbons (Fsp3) is 0.379. The van der Waals surface area contributed by atoms with Gasteiger partial charge in [0.2, 0.25) is 0 Å². The molecule has 0 bridgehead atoms. The van der Waals surface area contributed by atoms with Crippen LogP contribution in [0, 0.1) is 0 Å². The first-order valence-corrected chi connectivity index (χ1v) is 14.1. The fourth-order valence-corrected chi connectivity index (χ4v) is 9.10. The molecule has 5 rings (SSSR count). The average Bonchev–Trinajstić information content (AvgIpc) is 3.16. The van der Waals surface area contributed by atoms with Crippen LogP contribution in [0.1, 0.15) is 68.3 Å². The second kappa shape index (κ2) is 10.2. The van der Waals surface area contributed by atoms with Gasteiger partial charge in [-0.3, -0.25) is 4.57 Å². The highest BCUT2D eigenvalue weighted by atomic mass is 31.2. The maximum atomic E-state index is 15.3. The SMILES string of the molecule is C[C@@H](c1ccccc1)N1[C@@H]2CCCC[C@H]2N([C@@H](C)c2ccccc2)P1(=O)OCc1ccccc1. The van der Waals surface area contributed by atoms with Gasteiger partial charge in [0.1, 0.15) is 0 Å². The summed E-state index contributed by atoms with van der Waals surface area (Å²) < 4.78 is 26.4. The lowest BCUT2D eigenvalue weighted by Crippen LogP contribution is -2.41. The summed E-state index contributed by atoms with van der Waals surface area (Å²) in [6.45, 7) is 4.72. The van der Waals surface area contributed by atoms with E-state index in [2.05, 4.69) is 71.7 Å². The molecular formula is C29H35N2O2P. The molecule has 5 heteroatoms. The Hall–Kier alpha value is -2.23. The van der Waals surface area contributed by atoms with E-state index in [0.29, 0.717) is 6.61 Å². The molecular weight excluding hydrogens is 439 g/mol. The monoisotopic (exact) mass is 474 g/mol. The Kier molecular flexibility index (Phi) is 7.04. The van der Waals surface area contributed by atoms with Crippen LogP contribution in [0.15, 0.2) is 91.0 Å². The Labute approximate surface area is 204 Å². The molecule has 2 aliphatic rings. The van der Waals surface area contributed by atoms with E-state index in [0.717, 1.165) is 18.4 Å². The number of rotatable bonds is 7. The zero-order chi connectivity index (χ0) is 23.5. The number of hydrogen-bond donors (Lipinski definition) is 0. The number of benzene rings is 3. The molecule has 0 amide bonds. The van der Waals surface area contributed by atoms with E-state index in [4.69, 9.17) is 4.52 Å². The van der Waals surface area contributed by atoms with Gasteiger partial charge in [0.15, 0.2) is 0 Å². The molecule has 0 N–H and O–H groups in total. The molecule has 0 aromatic heterocycles. The van der Waals surface area contributed by atoms with Gasteiger partial charge in [0.05, 0.1) is 6.61 Å². The van der Waals surface area contributed by atoms with Gasteiger partial charge in [-0.1, -0.05) is 104 Å². The quantitative estimate of drug-likeness (QED) is 0.328. The highest BCUT2D eigenvalue weighted by molar-refractivity contribution is 7.54. The average molecular weight is 475 g/mol. The molecule has 34 heavy (non-hydrogen) atoms. The van der Waals surface area contributed by atoms with Crippen molar-refractivity contribution in [2.24, 2.45) is 0 Å². The zero-order valence-corrected chi connectivity index (χ0v) is 21.1. The number of nitrogens with zero attached hydrogens (tertiary/aromatic N) is 2. The molecule has 4 nitrogen and oxygen atoms in total. The van der Waals surface area contributed by atoms with Crippen molar-refractivity contribution < 1.29 is 9.09 Å². The van der Waals surface area contributed by atoms with E-state index < -0.39 is 7.67 Å². The first-order chi connectivity index (χ1) is 16.6. The minimum atomic E-state index is -3.34. The second-order valence-corrected chi connectivity index (χ2v) is 11.8. The highest BCUT2D eigenvalue weighted by Gasteiger charge is 2.59. The summed E-state index contributed by atoms with van der Waals surface area (Å²) in [6, 6.07) is 31.5. The van der Waals surface area contributed by atoms with Crippen LogP contribution in [-0.2, 0) is 15.7 Å². The van der Waals surface area contributed by atoms with Crippen molar-refractivity contribution in [1.82, 2.24) is 9.34 Å². The van der Waals surface area contributed by atoms with Crippen molar-refractivity contribution in [2.45, 2.75) is 70.3 Å². The van der Waals surface area contributed by atoms with Crippen LogP contribution < -0.4 is 0 Å². The Morgan fingerprint density at radius 1 is 0.735 bits per heavy atom. The predicted molar refractivity (Wildman–Crippen MR) is 138 cm³/mol. The van der Waals surface area contributed by atoms with E-state index in [1.165, 1.54) is 24.0 Å². The molecule has 1 saturated carbocycles. The van der Waals surface area contributed by atoms with Crippen molar-refractivity contribution >= 4 is 7.67 Å². The van der Waals surface area contributed by atoms with Crippen LogP contribution in [0.2, 0.25) is 0 Å². The van der Waals surface area contributed by atoms with Crippen LogP contribution in [0.25, 0.3) is 0 Å². The molecule has 1 saturated heterocycles. The molecule has 0 spiro atoms. The molecule has 1 aliphatic carbocycles. The maximum Gasteiger partial charge on any atom is 0.348 e. The van der Waals surface area contributed by atoms with Gasteiger partial charge < -0.3 is 4.52 Å². The Bertz CT molecular complexity index is 1040. The van der Waals surface area contributed by atoms with Crippen LogP contribution in [0.4, 0.5) is 0 Å². The predicted octanol–water partition coefficient (Wildman–Crippen LogP) is 7.76. The first-order valence-electron chi connectivity index (χ1n) is 12.6. The van der Waals surface area contributed by atoms with Gasteiger partial charge in [-0.25, -0.2) is 9.34 Å². The Balaban J connectivity index is 1.58. The van der Waals surface area contributed by atoms with Crippen molar-refractivity contribution in [3.05, 3.63) is 108 Å². The summed E-state index contributed by atoms with van der Waals surface area (Å²) in [5.74, 6) is 0. The standard InChI is InChI=1S/C29H35N2O2P/c1-23(26-16-8-4-9-17-26)30-28-20-12-13-21-29(28)31(24(2)27-18-10-5-11-19-27)34(30,32)33-22-25-14-6-3-7-15-25/h3-11,14-19,23-24,28-29H,12-13,20-22H2,1-2H3/t23-,24-,28+,29+/m0/s1. The van der Waals surface area contributed by atoms with Crippen LogP contribution in [0.5, 0.6) is 0 Å². The lowest BCUT2D eigenvalue weighted by molar-refractivity contribution is 0.166. The summed E-state index contributed by atoms with van der Waals surface area (Å²) >= 11 is 0. The van der Waals surface area contributed by atoms with E-state index in [1.54, 1.807) is 0 Å². The minimum Gasteiger partial charge on any atom is -0.301 e. The summed E-state index contributed by atoms with van der Waals surface area (Å²) in [5.41, 5.74) is 3.42. The van der Waals surface area contributed by atoms with Crippen molar-refractivity contribution in [1.29, 1.82) is 0 Å². The van der Waals surface area contributed by atoms with E-state index in [1.807, 2.05) is 42.5 Å². The molecule has 1 aliphatic heterocycles. The fourth-order valence-electron chi connectivity index (χ4n) is 5.85. The molecule has 4 atom stereocenters. The molecule has 1 heterocycles. The molecule has 0 radical (unpaired) electrons. The topological polar surface area (TPSA) is 32.8 Å². The molecule has 2 fully saturated rings. The molecule has 3 aromatic carbocycles. The van der Waals surface area contributed by atoms with Crippen molar-refractivity contribution in [2.75, 3.05) is 0 Å². The van der Waals surface area contributed by atoms with Gasteiger partial charge >= 0.3 is 7.67 Å². The summed E-state index contributed by atoms with van der Waals surface area (Å²) in [5, 5.41) is 0. The smallest absolute Gasteiger partial charge is 0.301 e. The van der Waals surface area contributed by atoms with Crippen LogP contribution in [0.3, 0.4) is 0 Å². The lowest BCUT2D eigenvalue weighted by atomic mass is 9.88. The zero-order valence-electron chi connectivity index (χ0n) is 20.2. The van der Waals surface area contributed by atoms with Crippen LogP contribution >= 0.6 is 7.67 Å².